The molecule has 2 aromatic rings. The predicted octanol–water partition coefficient (Wildman–Crippen LogP) is 1.46. The first-order valence-corrected chi connectivity index (χ1v) is 8.32. The Morgan fingerprint density at radius 2 is 1.95 bits per heavy atom. The van der Waals surface area contributed by atoms with Crippen molar-refractivity contribution in [2.24, 2.45) is 5.14 Å². The third kappa shape index (κ3) is 3.15. The first-order chi connectivity index (χ1) is 10.4. The highest BCUT2D eigenvalue weighted by Gasteiger charge is 2.20. The Hall–Kier alpha value is -2.25. The van der Waals surface area contributed by atoms with Crippen molar-refractivity contribution in [2.75, 3.05) is 11.9 Å². The van der Waals surface area contributed by atoms with Gasteiger partial charge in [-0.05, 0) is 29.8 Å². The van der Waals surface area contributed by atoms with Gasteiger partial charge in [-0.2, -0.15) is 0 Å². The lowest BCUT2D eigenvalue weighted by molar-refractivity contribution is 0.206. The third-order valence-electron chi connectivity index (χ3n) is 3.49. The Bertz CT molecular complexity index is 788. The number of nitrogens with two attached hydrogens (primary N) is 1. The van der Waals surface area contributed by atoms with Crippen LogP contribution < -0.4 is 15.2 Å². The van der Waals surface area contributed by atoms with Gasteiger partial charge in [0.05, 0.1) is 17.1 Å². The van der Waals surface area contributed by atoms with Crippen LogP contribution in [0.5, 0.6) is 11.5 Å². The molecule has 0 radical (unpaired) electrons. The van der Waals surface area contributed by atoms with Crippen LogP contribution in [0.3, 0.4) is 0 Å². The molecule has 0 spiro atoms. The van der Waals surface area contributed by atoms with Crippen LogP contribution in [0.4, 0.5) is 5.69 Å². The molecule has 0 amide bonds. The molecule has 1 aliphatic heterocycles. The van der Waals surface area contributed by atoms with Gasteiger partial charge in [-0.3, -0.25) is 0 Å². The summed E-state index contributed by atoms with van der Waals surface area (Å²) in [4.78, 5) is 0.0970. The summed E-state index contributed by atoms with van der Waals surface area (Å²) in [7, 11) is -3.66. The number of hydrogen-bond donors (Lipinski definition) is 3. The van der Waals surface area contributed by atoms with Gasteiger partial charge < -0.3 is 15.2 Å². The maximum absolute atomic E-state index is 11.2. The Balaban J connectivity index is 1.71. The van der Waals surface area contributed by atoms with Gasteiger partial charge >= 0.3 is 0 Å². The molecule has 0 saturated carbocycles. The average Bonchev–Trinajstić information content (AvgIpc) is 2.47. The van der Waals surface area contributed by atoms with E-state index in [0.29, 0.717) is 18.7 Å². The molecule has 1 unspecified atom stereocenters. The fraction of sp³-hybridized carbons (Fsp3) is 0.200. The lowest BCUT2D eigenvalue weighted by atomic mass is 10.1. The molecule has 0 aromatic heterocycles. The van der Waals surface area contributed by atoms with Gasteiger partial charge in [0.2, 0.25) is 10.0 Å². The topological polar surface area (TPSA) is 102 Å². The van der Waals surface area contributed by atoms with E-state index < -0.39 is 10.0 Å². The summed E-state index contributed by atoms with van der Waals surface area (Å²) in [5, 5.41) is 17.7. The molecular weight excluding hydrogens is 304 g/mol. The van der Waals surface area contributed by atoms with Gasteiger partial charge in [0.1, 0.15) is 17.6 Å². The van der Waals surface area contributed by atoms with E-state index in [9.17, 15) is 13.5 Å². The fourth-order valence-corrected chi connectivity index (χ4v) is 2.91. The van der Waals surface area contributed by atoms with E-state index in [0.717, 1.165) is 11.3 Å². The van der Waals surface area contributed by atoms with Crippen molar-refractivity contribution in [3.8, 4) is 11.5 Å². The summed E-state index contributed by atoms with van der Waals surface area (Å²) in [6, 6.07) is 11.4. The number of benzene rings is 2. The summed E-state index contributed by atoms with van der Waals surface area (Å²) < 4.78 is 28.3. The molecule has 7 heteroatoms. The number of fused-ring (bicyclic) bond motifs is 1. The Kier molecular flexibility index (Phi) is 3.67. The van der Waals surface area contributed by atoms with E-state index in [1.807, 2.05) is 0 Å². The first kappa shape index (κ1) is 14.7. The maximum Gasteiger partial charge on any atom is 0.238 e. The van der Waals surface area contributed by atoms with E-state index in [4.69, 9.17) is 9.88 Å². The number of rotatable bonds is 3. The van der Waals surface area contributed by atoms with Gasteiger partial charge in [-0.25, -0.2) is 13.6 Å². The second-order valence-electron chi connectivity index (χ2n) is 5.19. The van der Waals surface area contributed by atoms with Crippen LogP contribution >= 0.6 is 0 Å². The maximum atomic E-state index is 11.2. The van der Waals surface area contributed by atoms with Gasteiger partial charge in [0.15, 0.2) is 0 Å². The molecule has 1 aliphatic rings. The summed E-state index contributed by atoms with van der Waals surface area (Å²) in [5.41, 5.74) is 1.72. The lowest BCUT2D eigenvalue weighted by Gasteiger charge is -2.27. The van der Waals surface area contributed by atoms with Crippen LogP contribution in [0.25, 0.3) is 0 Å². The number of anilines is 1. The van der Waals surface area contributed by atoms with Crippen molar-refractivity contribution in [3.05, 3.63) is 48.0 Å². The fourth-order valence-electron chi connectivity index (χ4n) is 2.40. The minimum Gasteiger partial charge on any atom is -0.508 e. The molecule has 0 fully saturated rings. The van der Waals surface area contributed by atoms with Crippen LogP contribution in [-0.2, 0) is 16.4 Å². The molecule has 0 aliphatic carbocycles. The average molecular weight is 320 g/mol. The normalized spacial score (nSPS) is 17.2. The zero-order chi connectivity index (χ0) is 15.7. The molecule has 2 aromatic carbocycles. The predicted molar refractivity (Wildman–Crippen MR) is 82.5 cm³/mol. The molecular formula is C15H16N2O4S. The number of nitrogens with one attached hydrogen (secondary N) is 1. The van der Waals surface area contributed by atoms with E-state index >= 15 is 0 Å². The van der Waals surface area contributed by atoms with Crippen LogP contribution in [0.15, 0.2) is 47.4 Å². The molecule has 4 N–H and O–H groups in total. The molecule has 3 rings (SSSR count). The van der Waals surface area contributed by atoms with E-state index in [1.165, 1.54) is 12.1 Å². The first-order valence-electron chi connectivity index (χ1n) is 6.77. The molecule has 0 bridgehead atoms. The van der Waals surface area contributed by atoms with E-state index in [-0.39, 0.29) is 16.7 Å². The molecule has 0 saturated heterocycles. The van der Waals surface area contributed by atoms with Crippen molar-refractivity contribution in [2.45, 2.75) is 17.4 Å². The van der Waals surface area contributed by atoms with Crippen LogP contribution in [0.1, 0.15) is 5.56 Å². The van der Waals surface area contributed by atoms with Gasteiger partial charge in [0, 0.05) is 12.5 Å². The Morgan fingerprint density at radius 3 is 2.64 bits per heavy atom. The minimum atomic E-state index is -3.66. The number of aromatic hydroxyl groups is 1. The van der Waals surface area contributed by atoms with Crippen LogP contribution in [-0.4, -0.2) is 26.2 Å². The van der Waals surface area contributed by atoms with E-state index in [1.54, 1.807) is 30.3 Å². The second kappa shape index (κ2) is 5.51. The highest BCUT2D eigenvalue weighted by atomic mass is 32.2. The van der Waals surface area contributed by atoms with Gasteiger partial charge in [-0.1, -0.05) is 12.1 Å². The summed E-state index contributed by atoms with van der Waals surface area (Å²) >= 11 is 0. The number of primary sulfonamides is 1. The Morgan fingerprint density at radius 1 is 1.23 bits per heavy atom. The number of sulfonamides is 1. The van der Waals surface area contributed by atoms with Crippen LogP contribution in [0.2, 0.25) is 0 Å². The van der Waals surface area contributed by atoms with Gasteiger partial charge in [-0.15, -0.1) is 0 Å². The molecule has 116 valence electrons. The number of hydrogen-bond acceptors (Lipinski definition) is 5. The van der Waals surface area contributed by atoms with Crippen molar-refractivity contribution in [1.29, 1.82) is 0 Å². The molecule has 1 heterocycles. The number of phenols is 1. The third-order valence-corrected chi connectivity index (χ3v) is 4.42. The largest absolute Gasteiger partial charge is 0.508 e. The highest BCUT2D eigenvalue weighted by molar-refractivity contribution is 7.89. The van der Waals surface area contributed by atoms with Crippen molar-refractivity contribution in [1.82, 2.24) is 0 Å². The van der Waals surface area contributed by atoms with Crippen molar-refractivity contribution >= 4 is 15.7 Å². The summed E-state index contributed by atoms with van der Waals surface area (Å²) in [5.74, 6) is 0.877. The molecule has 1 atom stereocenters. The SMILES string of the molecule is NS(=O)(=O)c1ccc(CC2CNc3cc(O)ccc3O2)cc1. The summed E-state index contributed by atoms with van der Waals surface area (Å²) in [6.07, 6.45) is 0.565. The molecule has 6 nitrogen and oxygen atoms in total. The second-order valence-corrected chi connectivity index (χ2v) is 6.76. The zero-order valence-corrected chi connectivity index (χ0v) is 12.5. The van der Waals surface area contributed by atoms with Crippen LogP contribution in [0, 0.1) is 0 Å². The van der Waals surface area contributed by atoms with Crippen molar-refractivity contribution in [3.63, 3.8) is 0 Å². The smallest absolute Gasteiger partial charge is 0.238 e. The minimum absolute atomic E-state index is 0.0719. The Labute approximate surface area is 128 Å². The number of phenolic OH excluding ortho intramolecular Hbond substituents is 1. The highest BCUT2D eigenvalue weighted by Crippen LogP contribution is 2.32. The zero-order valence-electron chi connectivity index (χ0n) is 11.7. The monoisotopic (exact) mass is 320 g/mol. The van der Waals surface area contributed by atoms with Crippen molar-refractivity contribution < 1.29 is 18.3 Å². The quantitative estimate of drug-likeness (QED) is 0.794. The molecule has 22 heavy (non-hydrogen) atoms. The number of ether oxygens (including phenoxy) is 1. The summed E-state index contributed by atoms with van der Waals surface area (Å²) in [6.45, 7) is 0.605. The standard InChI is InChI=1S/C15H16N2O4S/c16-22(19,20)13-4-1-10(2-5-13)7-12-9-17-14-8-11(18)3-6-15(14)21-12/h1-6,8,12,17-18H,7,9H2,(H2,16,19,20). The lowest BCUT2D eigenvalue weighted by Crippen LogP contribution is -2.32. The van der Waals surface area contributed by atoms with Gasteiger partial charge in [0.25, 0.3) is 0 Å². The van der Waals surface area contributed by atoms with E-state index in [2.05, 4.69) is 5.32 Å².